The zero-order valence-corrected chi connectivity index (χ0v) is 14.1. The molecule has 1 heterocycles. The lowest BCUT2D eigenvalue weighted by Gasteiger charge is -2.49. The fourth-order valence-corrected chi connectivity index (χ4v) is 4.21. The second-order valence-corrected chi connectivity index (χ2v) is 8.15. The maximum atomic E-state index is 6.07. The lowest BCUT2D eigenvalue weighted by molar-refractivity contribution is -0.0970. The predicted octanol–water partition coefficient (Wildman–Crippen LogP) is 2.89. The van der Waals surface area contributed by atoms with Crippen LogP contribution in [0.3, 0.4) is 0 Å². The lowest BCUT2D eigenvalue weighted by Crippen LogP contribution is -2.55. The quantitative estimate of drug-likeness (QED) is 0.846. The molecule has 1 aliphatic heterocycles. The molecule has 20 heavy (non-hydrogen) atoms. The average Bonchev–Trinajstić information content (AvgIpc) is 2.35. The summed E-state index contributed by atoms with van der Waals surface area (Å²) in [6, 6.07) is 0.659. The molecule has 1 saturated heterocycles. The zero-order valence-electron chi connectivity index (χ0n) is 14.1. The highest BCUT2D eigenvalue weighted by Crippen LogP contribution is 2.41. The first kappa shape index (κ1) is 16.3. The summed E-state index contributed by atoms with van der Waals surface area (Å²) in [5.41, 5.74) is 6.48. The van der Waals surface area contributed by atoms with Crippen LogP contribution in [0.2, 0.25) is 0 Å². The molecule has 1 saturated carbocycles. The topological polar surface area (TPSA) is 38.5 Å². The average molecular weight is 282 g/mol. The second kappa shape index (κ2) is 6.33. The molecule has 3 nitrogen and oxygen atoms in total. The van der Waals surface area contributed by atoms with Gasteiger partial charge in [-0.25, -0.2) is 0 Å². The highest BCUT2D eigenvalue weighted by Gasteiger charge is 2.39. The molecule has 0 aromatic rings. The van der Waals surface area contributed by atoms with Gasteiger partial charge in [-0.1, -0.05) is 20.8 Å². The fraction of sp³-hybridized carbons (Fsp3) is 1.00. The second-order valence-electron chi connectivity index (χ2n) is 8.15. The lowest BCUT2D eigenvalue weighted by atomic mass is 9.67. The van der Waals surface area contributed by atoms with Crippen LogP contribution in [-0.4, -0.2) is 42.8 Å². The van der Waals surface area contributed by atoms with Crippen LogP contribution in [0.4, 0.5) is 0 Å². The Balaban J connectivity index is 2.08. The van der Waals surface area contributed by atoms with Crippen molar-refractivity contribution in [3.05, 3.63) is 0 Å². The summed E-state index contributed by atoms with van der Waals surface area (Å²) in [6.07, 6.45) is 4.66. The number of nitrogens with zero attached hydrogens (tertiary/aromatic N) is 1. The van der Waals surface area contributed by atoms with Gasteiger partial charge in [-0.05, 0) is 56.9 Å². The molecular formula is C17H34N2O. The zero-order chi connectivity index (χ0) is 14.9. The third-order valence-corrected chi connectivity index (χ3v) is 5.40. The minimum absolute atomic E-state index is 0.354. The molecule has 5 unspecified atom stereocenters. The standard InChI is InChI=1S/C17H34N2O/c1-12-10-19(11-13(2)20-12)16-8-15(17(3,4)5)7-6-14(16)9-18/h12-16H,6-11,18H2,1-5H3. The van der Waals surface area contributed by atoms with Crippen molar-refractivity contribution in [2.75, 3.05) is 19.6 Å². The smallest absolute Gasteiger partial charge is 0.0678 e. The van der Waals surface area contributed by atoms with Crippen molar-refractivity contribution in [3.63, 3.8) is 0 Å². The summed E-state index contributed by atoms with van der Waals surface area (Å²) < 4.78 is 5.90. The molecule has 1 aliphatic carbocycles. The summed E-state index contributed by atoms with van der Waals surface area (Å²) >= 11 is 0. The van der Waals surface area contributed by atoms with Crippen molar-refractivity contribution in [1.82, 2.24) is 4.90 Å². The van der Waals surface area contributed by atoms with E-state index in [0.717, 1.165) is 25.6 Å². The van der Waals surface area contributed by atoms with Crippen LogP contribution >= 0.6 is 0 Å². The van der Waals surface area contributed by atoms with E-state index in [9.17, 15) is 0 Å². The molecule has 0 bridgehead atoms. The first-order valence-electron chi connectivity index (χ1n) is 8.40. The van der Waals surface area contributed by atoms with E-state index in [-0.39, 0.29) is 0 Å². The van der Waals surface area contributed by atoms with Gasteiger partial charge >= 0.3 is 0 Å². The molecule has 5 atom stereocenters. The van der Waals surface area contributed by atoms with E-state index < -0.39 is 0 Å². The molecule has 2 N–H and O–H groups in total. The third kappa shape index (κ3) is 3.75. The van der Waals surface area contributed by atoms with E-state index in [0.29, 0.717) is 29.6 Å². The van der Waals surface area contributed by atoms with Gasteiger partial charge in [0.25, 0.3) is 0 Å². The summed E-state index contributed by atoms with van der Waals surface area (Å²) in [4.78, 5) is 2.67. The van der Waals surface area contributed by atoms with Crippen molar-refractivity contribution in [1.29, 1.82) is 0 Å². The maximum absolute atomic E-state index is 6.07. The maximum Gasteiger partial charge on any atom is 0.0678 e. The number of hydrogen-bond donors (Lipinski definition) is 1. The van der Waals surface area contributed by atoms with E-state index in [1.165, 1.54) is 19.3 Å². The first-order chi connectivity index (χ1) is 9.31. The van der Waals surface area contributed by atoms with Crippen LogP contribution < -0.4 is 5.73 Å². The van der Waals surface area contributed by atoms with Gasteiger partial charge in [0.2, 0.25) is 0 Å². The highest BCUT2D eigenvalue weighted by molar-refractivity contribution is 4.93. The minimum atomic E-state index is 0.354. The van der Waals surface area contributed by atoms with E-state index >= 15 is 0 Å². The monoisotopic (exact) mass is 282 g/mol. The van der Waals surface area contributed by atoms with E-state index in [1.54, 1.807) is 0 Å². The molecule has 3 heteroatoms. The van der Waals surface area contributed by atoms with Crippen molar-refractivity contribution < 1.29 is 4.74 Å². The van der Waals surface area contributed by atoms with E-state index in [2.05, 4.69) is 39.5 Å². The summed E-state index contributed by atoms with van der Waals surface area (Å²) in [7, 11) is 0. The third-order valence-electron chi connectivity index (χ3n) is 5.40. The Morgan fingerprint density at radius 3 is 2.20 bits per heavy atom. The number of rotatable bonds is 2. The molecule has 0 spiro atoms. The van der Waals surface area contributed by atoms with Crippen molar-refractivity contribution in [2.45, 2.75) is 72.1 Å². The van der Waals surface area contributed by atoms with Crippen molar-refractivity contribution in [2.24, 2.45) is 23.0 Å². The van der Waals surface area contributed by atoms with Gasteiger partial charge in [-0.2, -0.15) is 0 Å². The Morgan fingerprint density at radius 1 is 1.10 bits per heavy atom. The van der Waals surface area contributed by atoms with E-state index in [4.69, 9.17) is 10.5 Å². The summed E-state index contributed by atoms with van der Waals surface area (Å²) in [5.74, 6) is 1.50. The molecule has 2 fully saturated rings. The normalized spacial score (nSPS) is 40.8. The van der Waals surface area contributed by atoms with Gasteiger partial charge < -0.3 is 10.5 Å². The molecule has 0 amide bonds. The van der Waals surface area contributed by atoms with Gasteiger partial charge in [-0.3, -0.25) is 4.90 Å². The predicted molar refractivity (Wildman–Crippen MR) is 84.7 cm³/mol. The van der Waals surface area contributed by atoms with Crippen LogP contribution in [-0.2, 0) is 4.74 Å². The van der Waals surface area contributed by atoms with Crippen molar-refractivity contribution in [3.8, 4) is 0 Å². The molecule has 2 rings (SSSR count). The summed E-state index contributed by atoms with van der Waals surface area (Å²) in [5, 5.41) is 0. The first-order valence-corrected chi connectivity index (χ1v) is 8.40. The Labute approximate surface area is 125 Å². The van der Waals surface area contributed by atoms with Gasteiger partial charge in [0.1, 0.15) is 0 Å². The fourth-order valence-electron chi connectivity index (χ4n) is 4.21. The summed E-state index contributed by atoms with van der Waals surface area (Å²) in [6.45, 7) is 14.5. The van der Waals surface area contributed by atoms with E-state index in [1.807, 2.05) is 0 Å². The van der Waals surface area contributed by atoms with Crippen LogP contribution in [0.5, 0.6) is 0 Å². The number of ether oxygens (including phenoxy) is 1. The molecule has 118 valence electrons. The van der Waals surface area contributed by atoms with Crippen molar-refractivity contribution >= 4 is 0 Å². The highest BCUT2D eigenvalue weighted by atomic mass is 16.5. The Kier molecular flexibility index (Phi) is 5.14. The number of hydrogen-bond acceptors (Lipinski definition) is 3. The van der Waals surface area contributed by atoms with Gasteiger partial charge in [0.15, 0.2) is 0 Å². The SMILES string of the molecule is CC1CN(C2CC(C(C)(C)C)CCC2CN)CC(C)O1. The van der Waals surface area contributed by atoms with Gasteiger partial charge in [-0.15, -0.1) is 0 Å². The minimum Gasteiger partial charge on any atom is -0.373 e. The molecule has 0 aromatic carbocycles. The Hall–Kier alpha value is -0.120. The molecule has 2 aliphatic rings. The molecule has 0 aromatic heterocycles. The molecule has 0 radical (unpaired) electrons. The van der Waals surface area contributed by atoms with Gasteiger partial charge in [0, 0.05) is 19.1 Å². The number of nitrogens with two attached hydrogens (primary N) is 1. The Morgan fingerprint density at radius 2 is 1.70 bits per heavy atom. The van der Waals surface area contributed by atoms with Gasteiger partial charge in [0.05, 0.1) is 12.2 Å². The molecular weight excluding hydrogens is 248 g/mol. The van der Waals surface area contributed by atoms with Crippen LogP contribution in [0.1, 0.15) is 53.9 Å². The number of morpholine rings is 1. The van der Waals surface area contributed by atoms with Crippen LogP contribution in [0, 0.1) is 17.3 Å². The largest absolute Gasteiger partial charge is 0.373 e. The Bertz CT molecular complexity index is 303. The van der Waals surface area contributed by atoms with Crippen LogP contribution in [0.15, 0.2) is 0 Å². The van der Waals surface area contributed by atoms with Crippen LogP contribution in [0.25, 0.3) is 0 Å².